The van der Waals surface area contributed by atoms with E-state index in [9.17, 15) is 9.90 Å². The second-order valence-electron chi connectivity index (χ2n) is 11.2. The minimum Gasteiger partial charge on any atom is -0.508 e. The van der Waals surface area contributed by atoms with Crippen LogP contribution < -0.4 is 10.1 Å². The first-order valence-corrected chi connectivity index (χ1v) is 14.3. The quantitative estimate of drug-likeness (QED) is 0.274. The van der Waals surface area contributed by atoms with Gasteiger partial charge in [-0.25, -0.2) is 4.98 Å². The maximum Gasteiger partial charge on any atom is 0.256 e. The number of phenolic OH excluding ortho intramolecular Hbond substituents is 1. The average Bonchev–Trinajstić information content (AvgIpc) is 3.37. The molecule has 3 heterocycles. The summed E-state index contributed by atoms with van der Waals surface area (Å²) < 4.78 is 7.91. The van der Waals surface area contributed by atoms with Gasteiger partial charge in [0.15, 0.2) is 11.5 Å². The van der Waals surface area contributed by atoms with E-state index in [1.807, 2.05) is 31.2 Å². The van der Waals surface area contributed by atoms with Gasteiger partial charge in [-0.05, 0) is 86.1 Å². The number of amides is 1. The van der Waals surface area contributed by atoms with E-state index in [0.717, 1.165) is 49.5 Å². The van der Waals surface area contributed by atoms with Gasteiger partial charge in [-0.1, -0.05) is 12.1 Å². The van der Waals surface area contributed by atoms with Gasteiger partial charge in [-0.15, -0.1) is 0 Å². The van der Waals surface area contributed by atoms with Crippen LogP contribution in [-0.2, 0) is 13.6 Å². The van der Waals surface area contributed by atoms with Crippen LogP contribution >= 0.6 is 0 Å². The van der Waals surface area contributed by atoms with Crippen LogP contribution in [0.2, 0.25) is 0 Å². The monoisotopic (exact) mass is 577 g/mol. The number of aryl methyl sites for hydroxylation is 3. The van der Waals surface area contributed by atoms with Crippen molar-refractivity contribution in [2.24, 2.45) is 7.05 Å². The molecule has 10 heteroatoms. The van der Waals surface area contributed by atoms with E-state index in [4.69, 9.17) is 4.74 Å². The number of aromatic hydroxyl groups is 1. The number of ether oxygens (including phenoxy) is 1. The molecule has 0 atom stereocenters. The molecule has 1 amide bonds. The number of aromatic nitrogens is 4. The zero-order valence-electron chi connectivity index (χ0n) is 24.8. The fourth-order valence-electron chi connectivity index (χ4n) is 5.23. The Labute approximate surface area is 250 Å². The van der Waals surface area contributed by atoms with Crippen molar-refractivity contribution in [3.8, 4) is 28.8 Å². The maximum absolute atomic E-state index is 13.4. The van der Waals surface area contributed by atoms with Crippen LogP contribution in [0.1, 0.15) is 27.0 Å². The van der Waals surface area contributed by atoms with E-state index in [0.29, 0.717) is 39.6 Å². The van der Waals surface area contributed by atoms with Crippen LogP contribution in [-0.4, -0.2) is 73.8 Å². The Morgan fingerprint density at radius 1 is 0.930 bits per heavy atom. The number of hydrogen-bond donors (Lipinski definition) is 2. The second-order valence-corrected chi connectivity index (χ2v) is 11.2. The molecule has 10 nitrogen and oxygen atoms in total. The van der Waals surface area contributed by atoms with E-state index in [2.05, 4.69) is 50.2 Å². The fraction of sp³-hybridized carbons (Fsp3) is 0.273. The fourth-order valence-corrected chi connectivity index (χ4v) is 5.23. The van der Waals surface area contributed by atoms with Crippen molar-refractivity contribution in [3.05, 3.63) is 89.1 Å². The Morgan fingerprint density at radius 2 is 1.70 bits per heavy atom. The van der Waals surface area contributed by atoms with E-state index >= 15 is 0 Å². The Morgan fingerprint density at radius 3 is 2.44 bits per heavy atom. The highest BCUT2D eigenvalue weighted by atomic mass is 16.5. The number of benzene rings is 3. The number of nitrogens with zero attached hydrogens (tertiary/aromatic N) is 6. The van der Waals surface area contributed by atoms with Crippen LogP contribution in [0.15, 0.2) is 66.9 Å². The Balaban J connectivity index is 1.21. The third-order valence-electron chi connectivity index (χ3n) is 7.84. The van der Waals surface area contributed by atoms with Crippen LogP contribution in [0.5, 0.6) is 17.4 Å². The highest BCUT2D eigenvalue weighted by Crippen LogP contribution is 2.31. The molecule has 1 saturated heterocycles. The molecule has 1 aliphatic heterocycles. The lowest BCUT2D eigenvalue weighted by Gasteiger charge is -2.32. The molecule has 3 aromatic carbocycles. The lowest BCUT2D eigenvalue weighted by molar-refractivity contribution is 0.102. The molecule has 1 aliphatic rings. The highest BCUT2D eigenvalue weighted by molar-refractivity contribution is 6.05. The number of hydrogen-bond acceptors (Lipinski definition) is 8. The molecule has 0 spiro atoms. The van der Waals surface area contributed by atoms with Gasteiger partial charge in [-0.2, -0.15) is 10.1 Å². The normalized spacial score (nSPS) is 14.2. The maximum atomic E-state index is 13.4. The summed E-state index contributed by atoms with van der Waals surface area (Å²) in [5.74, 6) is 1.14. The summed E-state index contributed by atoms with van der Waals surface area (Å²) in [6, 6.07) is 18.1. The van der Waals surface area contributed by atoms with Gasteiger partial charge in [0, 0.05) is 62.8 Å². The minimum atomic E-state index is -0.215. The summed E-state index contributed by atoms with van der Waals surface area (Å²) in [5, 5.41) is 17.8. The van der Waals surface area contributed by atoms with Gasteiger partial charge < -0.3 is 20.1 Å². The number of nitrogens with one attached hydrogen (secondary N) is 1. The molecule has 0 radical (unpaired) electrons. The zero-order valence-corrected chi connectivity index (χ0v) is 24.8. The first-order valence-electron chi connectivity index (χ1n) is 14.3. The topological polar surface area (TPSA) is 109 Å². The molecule has 0 aliphatic carbocycles. The smallest absolute Gasteiger partial charge is 0.256 e. The predicted octanol–water partition coefficient (Wildman–Crippen LogP) is 5.14. The molecule has 0 saturated carbocycles. The number of piperazine rings is 1. The molecule has 1 fully saturated rings. The number of anilines is 1. The van der Waals surface area contributed by atoms with Gasteiger partial charge in [0.25, 0.3) is 5.91 Å². The van der Waals surface area contributed by atoms with Crippen molar-refractivity contribution >= 4 is 22.6 Å². The summed E-state index contributed by atoms with van der Waals surface area (Å²) >= 11 is 0. The lowest BCUT2D eigenvalue weighted by atomic mass is 10.1. The van der Waals surface area contributed by atoms with Crippen molar-refractivity contribution in [2.45, 2.75) is 20.4 Å². The number of rotatable bonds is 7. The van der Waals surface area contributed by atoms with Crippen molar-refractivity contribution in [3.63, 3.8) is 0 Å². The van der Waals surface area contributed by atoms with E-state index in [1.54, 1.807) is 48.3 Å². The molecule has 43 heavy (non-hydrogen) atoms. The Kier molecular flexibility index (Phi) is 7.79. The lowest BCUT2D eigenvalue weighted by Crippen LogP contribution is -2.43. The van der Waals surface area contributed by atoms with Crippen LogP contribution in [0.4, 0.5) is 5.69 Å². The Bertz CT molecular complexity index is 1790. The van der Waals surface area contributed by atoms with E-state index in [1.165, 1.54) is 5.56 Å². The van der Waals surface area contributed by atoms with Crippen molar-refractivity contribution < 1.29 is 14.6 Å². The zero-order chi connectivity index (χ0) is 30.1. The van der Waals surface area contributed by atoms with Crippen molar-refractivity contribution in [2.75, 3.05) is 38.5 Å². The second kappa shape index (κ2) is 11.8. The van der Waals surface area contributed by atoms with Gasteiger partial charge >= 0.3 is 0 Å². The van der Waals surface area contributed by atoms with Crippen LogP contribution in [0.25, 0.3) is 22.4 Å². The minimum absolute atomic E-state index is 0.154. The largest absolute Gasteiger partial charge is 0.508 e. The van der Waals surface area contributed by atoms with Gasteiger partial charge in [0.2, 0.25) is 5.88 Å². The molecule has 0 bridgehead atoms. The number of carbonyl (C=O) groups excluding carboxylic acids is 1. The van der Waals surface area contributed by atoms with Gasteiger partial charge in [0.05, 0.1) is 0 Å². The highest BCUT2D eigenvalue weighted by Gasteiger charge is 2.18. The molecule has 2 N–H and O–H groups in total. The molecule has 5 aromatic rings. The number of likely N-dealkylation sites (N-methyl/N-ethyl adjacent to an activating group) is 1. The SMILES string of the molecule is Cc1cc(NC(=O)c2cc(Oc3nc(-c4ccc(O)cc4)nc4nn(C)cc34)ccc2C)ccc1CN1CCN(C)CC1. The molecular formula is C33H35N7O3. The van der Waals surface area contributed by atoms with Crippen LogP contribution in [0.3, 0.4) is 0 Å². The first-order chi connectivity index (χ1) is 20.7. The van der Waals surface area contributed by atoms with E-state index < -0.39 is 0 Å². The van der Waals surface area contributed by atoms with E-state index in [-0.39, 0.29) is 11.7 Å². The van der Waals surface area contributed by atoms with Crippen LogP contribution in [0, 0.1) is 13.8 Å². The molecule has 2 aromatic heterocycles. The predicted molar refractivity (Wildman–Crippen MR) is 167 cm³/mol. The Hall–Kier alpha value is -4.80. The summed E-state index contributed by atoms with van der Waals surface area (Å²) in [4.78, 5) is 27.5. The molecule has 0 unspecified atom stereocenters. The van der Waals surface area contributed by atoms with Gasteiger partial charge in [-0.3, -0.25) is 14.4 Å². The third-order valence-corrected chi connectivity index (χ3v) is 7.84. The molecular weight excluding hydrogens is 542 g/mol. The summed E-state index contributed by atoms with van der Waals surface area (Å²) in [6.07, 6.45) is 1.79. The van der Waals surface area contributed by atoms with Crippen molar-refractivity contribution in [1.29, 1.82) is 0 Å². The number of carbonyl (C=O) groups is 1. The average molecular weight is 578 g/mol. The van der Waals surface area contributed by atoms with Crippen molar-refractivity contribution in [1.82, 2.24) is 29.5 Å². The summed E-state index contributed by atoms with van der Waals surface area (Å²) in [6.45, 7) is 9.19. The standard InChI is InChI=1S/C33H35N7O3/c1-21-5-12-27(43-33-29-20-39(4)37-31(29)35-30(36-33)23-7-10-26(41)11-8-23)18-28(21)32(42)34-25-9-6-24(22(2)17-25)19-40-15-13-38(3)14-16-40/h5-12,17-18,20,41H,13-16,19H2,1-4H3,(H,34,42). The van der Waals surface area contributed by atoms with Gasteiger partial charge in [0.1, 0.15) is 16.9 Å². The third kappa shape index (κ3) is 6.35. The first kappa shape index (κ1) is 28.3. The summed E-state index contributed by atoms with van der Waals surface area (Å²) in [7, 11) is 3.97. The number of phenols is 1. The summed E-state index contributed by atoms with van der Waals surface area (Å²) in [5.41, 5.74) is 5.70. The molecule has 220 valence electrons. The molecule has 6 rings (SSSR count). The number of fused-ring (bicyclic) bond motifs is 1.